The van der Waals surface area contributed by atoms with Crippen molar-refractivity contribution in [3.05, 3.63) is 12.2 Å². The van der Waals surface area contributed by atoms with E-state index in [0.717, 1.165) is 6.42 Å². The minimum atomic E-state index is -4.63. The monoisotopic (exact) mass is 238 g/mol. The van der Waals surface area contributed by atoms with Crippen LogP contribution in [0.5, 0.6) is 0 Å². The molecule has 0 aliphatic heterocycles. The topological polar surface area (TPSA) is 93.1 Å². The maximum Gasteiger partial charge on any atom is 0.472 e. The first-order valence-electron chi connectivity index (χ1n) is 4.39. The van der Waals surface area contributed by atoms with Crippen LogP contribution in [0.25, 0.3) is 0 Å². The Balaban J connectivity index is 4.07. The molecule has 2 N–H and O–H groups in total. The van der Waals surface area contributed by atoms with Gasteiger partial charge in [0.15, 0.2) is 0 Å². The molecule has 0 radical (unpaired) electrons. The van der Waals surface area contributed by atoms with Crippen LogP contribution < -0.4 is 0 Å². The summed E-state index contributed by atoms with van der Waals surface area (Å²) in [6.07, 6.45) is -0.0877. The number of carbonyl (C=O) groups excluding carboxylic acids is 1. The number of phosphoric acid groups is 1. The van der Waals surface area contributed by atoms with Crippen LogP contribution in [0.2, 0.25) is 0 Å². The standard InChI is InChI=1S/C8H15O6P/c1-4-5-6(2)8(9)13-7(3)14-15(10,11)12/h7H,2,4-5H2,1,3H3,(H2,10,11,12). The van der Waals surface area contributed by atoms with Gasteiger partial charge in [0.05, 0.1) is 0 Å². The molecule has 0 aromatic heterocycles. The lowest BCUT2D eigenvalue weighted by molar-refractivity contribution is -0.158. The predicted octanol–water partition coefficient (Wildman–Crippen LogP) is 1.34. The Morgan fingerprint density at radius 2 is 2.07 bits per heavy atom. The van der Waals surface area contributed by atoms with Gasteiger partial charge in [0.25, 0.3) is 0 Å². The summed E-state index contributed by atoms with van der Waals surface area (Å²) in [5.41, 5.74) is 0.249. The van der Waals surface area contributed by atoms with Gasteiger partial charge in [-0.25, -0.2) is 13.9 Å². The first-order chi connectivity index (χ1) is 6.76. The van der Waals surface area contributed by atoms with E-state index >= 15 is 0 Å². The highest BCUT2D eigenvalue weighted by molar-refractivity contribution is 7.46. The average molecular weight is 238 g/mol. The number of rotatable bonds is 6. The summed E-state index contributed by atoms with van der Waals surface area (Å²) in [6, 6.07) is 0. The molecular weight excluding hydrogens is 223 g/mol. The van der Waals surface area contributed by atoms with Gasteiger partial charge in [0.2, 0.25) is 6.29 Å². The van der Waals surface area contributed by atoms with Crippen LogP contribution in [-0.2, 0) is 18.6 Å². The zero-order valence-corrected chi connectivity index (χ0v) is 9.57. The maximum atomic E-state index is 11.2. The summed E-state index contributed by atoms with van der Waals surface area (Å²) in [5, 5.41) is 0. The second-order valence-corrected chi connectivity index (χ2v) is 4.11. The first kappa shape index (κ1) is 14.3. The third-order valence-electron chi connectivity index (χ3n) is 1.40. The molecule has 0 aliphatic rings. The van der Waals surface area contributed by atoms with E-state index in [-0.39, 0.29) is 5.57 Å². The van der Waals surface area contributed by atoms with Gasteiger partial charge in [-0.05, 0) is 13.3 Å². The molecule has 0 spiro atoms. The molecule has 0 fully saturated rings. The van der Waals surface area contributed by atoms with Crippen molar-refractivity contribution < 1.29 is 28.4 Å². The molecule has 0 rings (SSSR count). The summed E-state index contributed by atoms with van der Waals surface area (Å²) in [4.78, 5) is 28.0. The molecule has 88 valence electrons. The Morgan fingerprint density at radius 1 is 1.53 bits per heavy atom. The summed E-state index contributed by atoms with van der Waals surface area (Å²) in [5.74, 6) is -0.710. The molecular formula is C8H15O6P. The molecule has 7 heteroatoms. The van der Waals surface area contributed by atoms with Gasteiger partial charge in [-0.15, -0.1) is 0 Å². The van der Waals surface area contributed by atoms with Crippen LogP contribution in [-0.4, -0.2) is 22.0 Å². The number of hydrogen-bond donors (Lipinski definition) is 2. The molecule has 0 saturated heterocycles. The predicted molar refractivity (Wildman–Crippen MR) is 52.7 cm³/mol. The fourth-order valence-corrected chi connectivity index (χ4v) is 1.28. The second kappa shape index (κ2) is 6.02. The van der Waals surface area contributed by atoms with Crippen molar-refractivity contribution >= 4 is 13.8 Å². The van der Waals surface area contributed by atoms with Crippen LogP contribution >= 0.6 is 7.82 Å². The number of hydrogen-bond acceptors (Lipinski definition) is 4. The minimum absolute atomic E-state index is 0.249. The lowest BCUT2D eigenvalue weighted by Gasteiger charge is -2.14. The summed E-state index contributed by atoms with van der Waals surface area (Å²) >= 11 is 0. The van der Waals surface area contributed by atoms with Crippen LogP contribution in [0, 0.1) is 0 Å². The normalized spacial score (nSPS) is 13.3. The van der Waals surface area contributed by atoms with E-state index < -0.39 is 20.1 Å². The quantitative estimate of drug-likeness (QED) is 0.314. The van der Waals surface area contributed by atoms with Crippen LogP contribution in [0.4, 0.5) is 0 Å². The third kappa shape index (κ3) is 7.27. The van der Waals surface area contributed by atoms with E-state index in [4.69, 9.17) is 9.79 Å². The van der Waals surface area contributed by atoms with Crippen LogP contribution in [0.15, 0.2) is 12.2 Å². The summed E-state index contributed by atoms with van der Waals surface area (Å²) in [7, 11) is -4.63. The van der Waals surface area contributed by atoms with Gasteiger partial charge >= 0.3 is 13.8 Å². The Morgan fingerprint density at radius 3 is 2.47 bits per heavy atom. The maximum absolute atomic E-state index is 11.2. The first-order valence-corrected chi connectivity index (χ1v) is 5.92. The van der Waals surface area contributed by atoms with E-state index in [9.17, 15) is 9.36 Å². The second-order valence-electron chi connectivity index (χ2n) is 2.92. The Hall–Kier alpha value is -0.680. The molecule has 0 saturated carbocycles. The van der Waals surface area contributed by atoms with Crippen molar-refractivity contribution in [1.82, 2.24) is 0 Å². The highest BCUT2D eigenvalue weighted by Crippen LogP contribution is 2.37. The minimum Gasteiger partial charge on any atom is -0.432 e. The summed E-state index contributed by atoms with van der Waals surface area (Å²) < 4.78 is 19.1. The Kier molecular flexibility index (Phi) is 5.75. The summed E-state index contributed by atoms with van der Waals surface area (Å²) in [6.45, 7) is 6.56. The Labute approximate surface area is 88.1 Å². The lowest BCUT2D eigenvalue weighted by Crippen LogP contribution is -2.18. The van der Waals surface area contributed by atoms with E-state index in [0.29, 0.717) is 6.42 Å². The molecule has 1 atom stereocenters. The van der Waals surface area contributed by atoms with Gasteiger partial charge < -0.3 is 14.5 Å². The van der Waals surface area contributed by atoms with Gasteiger partial charge in [-0.3, -0.25) is 0 Å². The van der Waals surface area contributed by atoms with Crippen molar-refractivity contribution in [2.45, 2.75) is 33.0 Å². The fraction of sp³-hybridized carbons (Fsp3) is 0.625. The molecule has 0 bridgehead atoms. The van der Waals surface area contributed by atoms with E-state index in [1.54, 1.807) is 0 Å². The van der Waals surface area contributed by atoms with Crippen molar-refractivity contribution in [3.8, 4) is 0 Å². The smallest absolute Gasteiger partial charge is 0.432 e. The largest absolute Gasteiger partial charge is 0.472 e. The molecule has 0 aromatic rings. The highest BCUT2D eigenvalue weighted by Gasteiger charge is 2.22. The SMILES string of the molecule is C=C(CCC)C(=O)OC(C)OP(=O)(O)O. The fourth-order valence-electron chi connectivity index (χ4n) is 0.853. The number of esters is 1. The molecule has 0 aliphatic carbocycles. The van der Waals surface area contributed by atoms with Crippen LogP contribution in [0.3, 0.4) is 0 Å². The van der Waals surface area contributed by atoms with Crippen molar-refractivity contribution in [2.75, 3.05) is 0 Å². The van der Waals surface area contributed by atoms with E-state index in [1.807, 2.05) is 6.92 Å². The number of ether oxygens (including phenoxy) is 1. The Bertz CT molecular complexity index is 281. The third-order valence-corrected chi connectivity index (χ3v) is 1.97. The van der Waals surface area contributed by atoms with Crippen molar-refractivity contribution in [3.63, 3.8) is 0 Å². The van der Waals surface area contributed by atoms with Gasteiger partial charge in [0, 0.05) is 5.57 Å². The highest BCUT2D eigenvalue weighted by atomic mass is 31.2. The molecule has 15 heavy (non-hydrogen) atoms. The molecule has 0 amide bonds. The molecule has 0 heterocycles. The molecule has 0 aromatic carbocycles. The number of carbonyl (C=O) groups is 1. The zero-order valence-electron chi connectivity index (χ0n) is 8.67. The van der Waals surface area contributed by atoms with Crippen molar-refractivity contribution in [1.29, 1.82) is 0 Å². The van der Waals surface area contributed by atoms with E-state index in [2.05, 4.69) is 15.8 Å². The average Bonchev–Trinajstić information content (AvgIpc) is 2.00. The van der Waals surface area contributed by atoms with E-state index in [1.165, 1.54) is 6.92 Å². The van der Waals surface area contributed by atoms with Gasteiger partial charge in [0.1, 0.15) is 0 Å². The lowest BCUT2D eigenvalue weighted by atomic mass is 10.2. The van der Waals surface area contributed by atoms with Crippen molar-refractivity contribution in [2.24, 2.45) is 0 Å². The zero-order chi connectivity index (χ0) is 12.1. The van der Waals surface area contributed by atoms with Gasteiger partial charge in [-0.1, -0.05) is 19.9 Å². The van der Waals surface area contributed by atoms with Gasteiger partial charge in [-0.2, -0.15) is 0 Å². The molecule has 6 nitrogen and oxygen atoms in total. The number of phosphoric ester groups is 1. The van der Waals surface area contributed by atoms with Crippen LogP contribution in [0.1, 0.15) is 26.7 Å². The molecule has 1 unspecified atom stereocenters.